The van der Waals surface area contributed by atoms with E-state index in [0.29, 0.717) is 4.68 Å². The Balaban J connectivity index is 2.34. The van der Waals surface area contributed by atoms with Crippen molar-refractivity contribution >= 4 is 10.0 Å². The molecule has 19 heavy (non-hydrogen) atoms. The average Bonchev–Trinajstić information content (AvgIpc) is 2.86. The second-order valence-electron chi connectivity index (χ2n) is 4.82. The van der Waals surface area contributed by atoms with Crippen LogP contribution in [0.3, 0.4) is 0 Å². The van der Waals surface area contributed by atoms with E-state index in [1.807, 2.05) is 0 Å². The average molecular weight is 293 g/mol. The van der Waals surface area contributed by atoms with E-state index in [2.05, 4.69) is 9.82 Å². The van der Waals surface area contributed by atoms with Crippen molar-refractivity contribution in [1.29, 1.82) is 0 Å². The largest absolute Gasteiger partial charge is 0.333 e. The Morgan fingerprint density at radius 1 is 1.32 bits per heavy atom. The van der Waals surface area contributed by atoms with Crippen molar-refractivity contribution in [2.75, 3.05) is 0 Å². The van der Waals surface area contributed by atoms with E-state index in [1.165, 1.54) is 13.8 Å². The van der Waals surface area contributed by atoms with Gasteiger partial charge in [0.1, 0.15) is 4.90 Å². The number of nitrogens with zero attached hydrogens (tertiary/aromatic N) is 2. The highest BCUT2D eigenvalue weighted by atomic mass is 32.2. The van der Waals surface area contributed by atoms with Gasteiger partial charge >= 0.3 is 6.55 Å². The monoisotopic (exact) mass is 293 g/mol. The fraction of sp³-hybridized carbons (Fsp3) is 0.727. The molecule has 0 amide bonds. The van der Waals surface area contributed by atoms with Crippen LogP contribution >= 0.6 is 0 Å². The van der Waals surface area contributed by atoms with Gasteiger partial charge in [0.25, 0.3) is 0 Å². The Morgan fingerprint density at radius 3 is 2.37 bits per heavy atom. The minimum absolute atomic E-state index is 0.0296. The molecule has 0 unspecified atom stereocenters. The predicted molar refractivity (Wildman–Crippen MR) is 65.5 cm³/mol. The predicted octanol–water partition coefficient (Wildman–Crippen LogP) is 2.12. The molecule has 0 aromatic carbocycles. The summed E-state index contributed by atoms with van der Waals surface area (Å²) in [6, 6.07) is -0.0984. The quantitative estimate of drug-likeness (QED) is 0.924. The smallest absolute Gasteiger partial charge is 0.208 e. The molecule has 8 heteroatoms. The van der Waals surface area contributed by atoms with Gasteiger partial charge in [-0.15, -0.1) is 0 Å². The standard InChI is InChI=1S/C11H17F2N3O2S/c1-7-10(8(2)16(14-7)11(12)13)19(17,18)15-9-5-3-4-6-9/h9,11,15H,3-6H2,1-2H3. The molecule has 1 aromatic heterocycles. The van der Waals surface area contributed by atoms with E-state index in [0.717, 1.165) is 25.7 Å². The number of alkyl halides is 2. The summed E-state index contributed by atoms with van der Waals surface area (Å²) in [7, 11) is -3.78. The molecule has 1 fully saturated rings. The minimum Gasteiger partial charge on any atom is -0.208 e. The lowest BCUT2D eigenvalue weighted by Crippen LogP contribution is -2.33. The lowest BCUT2D eigenvalue weighted by atomic mass is 10.3. The molecule has 5 nitrogen and oxygen atoms in total. The summed E-state index contributed by atoms with van der Waals surface area (Å²) in [5.41, 5.74) is 0.0706. The lowest BCUT2D eigenvalue weighted by Gasteiger charge is -2.12. The van der Waals surface area contributed by atoms with Gasteiger partial charge in [-0.25, -0.2) is 17.8 Å². The van der Waals surface area contributed by atoms with Crippen molar-refractivity contribution in [3.63, 3.8) is 0 Å². The summed E-state index contributed by atoms with van der Waals surface area (Å²) in [6.07, 6.45) is 3.56. The molecule has 0 aliphatic heterocycles. The van der Waals surface area contributed by atoms with E-state index < -0.39 is 16.6 Å². The van der Waals surface area contributed by atoms with Crippen molar-refractivity contribution in [1.82, 2.24) is 14.5 Å². The van der Waals surface area contributed by atoms with E-state index in [-0.39, 0.29) is 22.3 Å². The van der Waals surface area contributed by atoms with Crippen molar-refractivity contribution in [2.45, 2.75) is 57.0 Å². The summed E-state index contributed by atoms with van der Waals surface area (Å²) in [4.78, 5) is -0.125. The van der Waals surface area contributed by atoms with Gasteiger partial charge < -0.3 is 0 Å². The zero-order chi connectivity index (χ0) is 14.2. The van der Waals surface area contributed by atoms with Gasteiger partial charge in [0, 0.05) is 6.04 Å². The van der Waals surface area contributed by atoms with Crippen LogP contribution in [0.1, 0.15) is 43.6 Å². The maximum absolute atomic E-state index is 12.7. The van der Waals surface area contributed by atoms with Crippen LogP contribution in [0.2, 0.25) is 0 Å². The number of aryl methyl sites for hydroxylation is 1. The molecule has 1 heterocycles. The Morgan fingerprint density at radius 2 is 1.89 bits per heavy atom. The maximum Gasteiger partial charge on any atom is 0.333 e. The van der Waals surface area contributed by atoms with Gasteiger partial charge in [0.15, 0.2) is 0 Å². The van der Waals surface area contributed by atoms with Crippen LogP contribution in [-0.4, -0.2) is 24.2 Å². The van der Waals surface area contributed by atoms with E-state index >= 15 is 0 Å². The molecule has 0 saturated heterocycles. The first kappa shape index (κ1) is 14.4. The third-order valence-corrected chi connectivity index (χ3v) is 5.16. The minimum atomic E-state index is -3.78. The Labute approximate surface area is 111 Å². The maximum atomic E-state index is 12.7. The van der Waals surface area contributed by atoms with Gasteiger partial charge in [-0.3, -0.25) is 0 Å². The molecule has 1 saturated carbocycles. The first-order valence-electron chi connectivity index (χ1n) is 6.19. The molecule has 1 aliphatic carbocycles. The zero-order valence-electron chi connectivity index (χ0n) is 10.9. The highest BCUT2D eigenvalue weighted by Gasteiger charge is 2.29. The number of rotatable bonds is 4. The van der Waals surface area contributed by atoms with Crippen LogP contribution in [0.5, 0.6) is 0 Å². The molecular weight excluding hydrogens is 276 g/mol. The molecule has 0 atom stereocenters. The molecule has 2 rings (SSSR count). The van der Waals surface area contributed by atoms with Crippen LogP contribution in [0.15, 0.2) is 4.90 Å². The van der Waals surface area contributed by atoms with Crippen LogP contribution in [0, 0.1) is 13.8 Å². The zero-order valence-corrected chi connectivity index (χ0v) is 11.7. The van der Waals surface area contributed by atoms with E-state index in [9.17, 15) is 17.2 Å². The second-order valence-corrected chi connectivity index (χ2v) is 6.48. The highest BCUT2D eigenvalue weighted by molar-refractivity contribution is 7.89. The normalized spacial score (nSPS) is 17.5. The van der Waals surface area contributed by atoms with Crippen molar-refractivity contribution in [3.8, 4) is 0 Å². The topological polar surface area (TPSA) is 64.0 Å². The third kappa shape index (κ3) is 2.79. The number of hydrogen-bond donors (Lipinski definition) is 1. The van der Waals surface area contributed by atoms with Crippen molar-refractivity contribution in [3.05, 3.63) is 11.4 Å². The number of aromatic nitrogens is 2. The van der Waals surface area contributed by atoms with Gasteiger partial charge in [-0.1, -0.05) is 12.8 Å². The van der Waals surface area contributed by atoms with E-state index in [4.69, 9.17) is 0 Å². The van der Waals surface area contributed by atoms with Gasteiger partial charge in [0.05, 0.1) is 11.4 Å². The molecular formula is C11H17F2N3O2S. The molecule has 1 aliphatic rings. The molecule has 0 radical (unpaired) electrons. The van der Waals surface area contributed by atoms with Crippen LogP contribution in [-0.2, 0) is 10.0 Å². The third-order valence-electron chi connectivity index (χ3n) is 3.39. The first-order valence-corrected chi connectivity index (χ1v) is 7.67. The van der Waals surface area contributed by atoms with Crippen molar-refractivity contribution < 1.29 is 17.2 Å². The molecule has 1 N–H and O–H groups in total. The number of halogens is 2. The summed E-state index contributed by atoms with van der Waals surface area (Å²) < 4.78 is 52.9. The van der Waals surface area contributed by atoms with Crippen LogP contribution < -0.4 is 4.72 Å². The fourth-order valence-corrected chi connectivity index (χ4v) is 4.25. The van der Waals surface area contributed by atoms with Gasteiger partial charge in [-0.05, 0) is 26.7 Å². The molecule has 0 bridgehead atoms. The van der Waals surface area contributed by atoms with Crippen LogP contribution in [0.4, 0.5) is 8.78 Å². The Bertz CT molecular complexity index is 563. The summed E-state index contributed by atoms with van der Waals surface area (Å²) in [6.45, 7) is -0.0705. The first-order chi connectivity index (χ1) is 8.83. The molecule has 0 spiro atoms. The van der Waals surface area contributed by atoms with E-state index in [1.54, 1.807) is 0 Å². The second kappa shape index (κ2) is 5.16. The number of hydrogen-bond acceptors (Lipinski definition) is 3. The lowest BCUT2D eigenvalue weighted by molar-refractivity contribution is 0.0538. The Kier molecular flexibility index (Phi) is 3.91. The summed E-state index contributed by atoms with van der Waals surface area (Å²) in [5, 5.41) is 3.60. The Hall–Kier alpha value is -1.02. The number of nitrogens with one attached hydrogen (secondary N) is 1. The molecule has 108 valence electrons. The van der Waals surface area contributed by atoms with Gasteiger partial charge in [0.2, 0.25) is 10.0 Å². The van der Waals surface area contributed by atoms with Crippen molar-refractivity contribution in [2.24, 2.45) is 0 Å². The fourth-order valence-electron chi connectivity index (χ4n) is 2.55. The van der Waals surface area contributed by atoms with Gasteiger partial charge in [-0.2, -0.15) is 13.9 Å². The SMILES string of the molecule is Cc1nn(C(F)F)c(C)c1S(=O)(=O)NC1CCCC1. The summed E-state index contributed by atoms with van der Waals surface area (Å²) >= 11 is 0. The molecule has 1 aromatic rings. The number of sulfonamides is 1. The summed E-state index contributed by atoms with van der Waals surface area (Å²) in [5.74, 6) is 0. The van der Waals surface area contributed by atoms with Crippen LogP contribution in [0.25, 0.3) is 0 Å². The highest BCUT2D eigenvalue weighted by Crippen LogP contribution is 2.25.